The average Bonchev–Trinajstić information content (AvgIpc) is 2.69. The molecule has 2 rings (SSSR count). The second-order valence-electron chi connectivity index (χ2n) is 8.25. The fourth-order valence-corrected chi connectivity index (χ4v) is 3.01. The third-order valence-corrected chi connectivity index (χ3v) is 4.64. The number of rotatable bonds is 8. The molecule has 2 aromatic carbocycles. The summed E-state index contributed by atoms with van der Waals surface area (Å²) in [4.78, 5) is 27.0. The van der Waals surface area contributed by atoms with Crippen LogP contribution in [-0.2, 0) is 13.1 Å². The largest absolute Gasteiger partial charge is 0.348 e. The Morgan fingerprint density at radius 2 is 1.41 bits per heavy atom. The van der Waals surface area contributed by atoms with Gasteiger partial charge in [0.25, 0.3) is 11.8 Å². The van der Waals surface area contributed by atoms with E-state index in [2.05, 4.69) is 41.5 Å². The van der Waals surface area contributed by atoms with Crippen molar-refractivity contribution in [2.24, 2.45) is 0 Å². The van der Waals surface area contributed by atoms with E-state index in [1.54, 1.807) is 24.3 Å². The predicted octanol–water partition coefficient (Wildman–Crippen LogP) is 3.99. The number of amides is 2. The van der Waals surface area contributed by atoms with E-state index < -0.39 is 0 Å². The summed E-state index contributed by atoms with van der Waals surface area (Å²) in [6.07, 6.45) is 0. The predicted molar refractivity (Wildman–Crippen MR) is 118 cm³/mol. The lowest BCUT2D eigenvalue weighted by Gasteiger charge is -2.20. The van der Waals surface area contributed by atoms with Crippen LogP contribution in [0.2, 0.25) is 0 Å². The van der Waals surface area contributed by atoms with Gasteiger partial charge in [-0.15, -0.1) is 0 Å². The Labute approximate surface area is 174 Å². The molecule has 29 heavy (non-hydrogen) atoms. The van der Waals surface area contributed by atoms with Gasteiger partial charge in [-0.1, -0.05) is 38.1 Å². The minimum atomic E-state index is -0.299. The van der Waals surface area contributed by atoms with Crippen LogP contribution in [0.4, 0.5) is 0 Å². The second kappa shape index (κ2) is 10.2. The van der Waals surface area contributed by atoms with E-state index in [-0.39, 0.29) is 17.4 Å². The molecule has 0 unspecified atom stereocenters. The Hall–Kier alpha value is -2.66. The van der Waals surface area contributed by atoms with E-state index in [0.29, 0.717) is 17.7 Å². The van der Waals surface area contributed by atoms with Gasteiger partial charge in [-0.05, 0) is 69.3 Å². The van der Waals surface area contributed by atoms with Crippen molar-refractivity contribution < 1.29 is 9.59 Å². The average molecular weight is 396 g/mol. The van der Waals surface area contributed by atoms with Crippen molar-refractivity contribution in [1.82, 2.24) is 15.5 Å². The van der Waals surface area contributed by atoms with Crippen molar-refractivity contribution in [3.05, 3.63) is 70.8 Å². The molecular formula is C24H33N3O2. The van der Waals surface area contributed by atoms with Gasteiger partial charge in [0.2, 0.25) is 0 Å². The van der Waals surface area contributed by atoms with Gasteiger partial charge in [0.05, 0.1) is 0 Å². The van der Waals surface area contributed by atoms with E-state index in [4.69, 9.17) is 0 Å². The number of carbonyl (C=O) groups excluding carboxylic acids is 2. The first kappa shape index (κ1) is 22.6. The molecule has 0 fully saturated rings. The molecule has 2 aromatic rings. The summed E-state index contributed by atoms with van der Waals surface area (Å²) in [6, 6.07) is 15.0. The van der Waals surface area contributed by atoms with Crippen LogP contribution in [0, 0.1) is 0 Å². The Morgan fingerprint density at radius 1 is 0.862 bits per heavy atom. The monoisotopic (exact) mass is 395 g/mol. The number of nitrogens with one attached hydrogen (secondary N) is 2. The summed E-state index contributed by atoms with van der Waals surface area (Å²) in [5, 5.41) is 5.87. The highest BCUT2D eigenvalue weighted by Gasteiger charge is 2.15. The van der Waals surface area contributed by atoms with E-state index in [1.807, 2.05) is 32.9 Å². The molecule has 0 saturated carbocycles. The molecule has 5 nitrogen and oxygen atoms in total. The Bertz CT molecular complexity index is 819. The van der Waals surface area contributed by atoms with Crippen LogP contribution in [0.25, 0.3) is 0 Å². The zero-order chi connectivity index (χ0) is 21.4. The van der Waals surface area contributed by atoms with Crippen molar-refractivity contribution in [3.8, 4) is 0 Å². The molecule has 5 heteroatoms. The number of carbonyl (C=O) groups is 2. The molecule has 0 atom stereocenters. The molecule has 0 aliphatic rings. The van der Waals surface area contributed by atoms with Gasteiger partial charge in [-0.3, -0.25) is 14.5 Å². The lowest BCUT2D eigenvalue weighted by atomic mass is 10.1. The van der Waals surface area contributed by atoms with E-state index in [9.17, 15) is 9.59 Å². The molecule has 0 spiro atoms. The summed E-state index contributed by atoms with van der Waals surface area (Å²) in [5.41, 5.74) is 3.10. The highest BCUT2D eigenvalue weighted by Crippen LogP contribution is 2.10. The van der Waals surface area contributed by atoms with Gasteiger partial charge in [0.1, 0.15) is 0 Å². The van der Waals surface area contributed by atoms with Gasteiger partial charge in [0, 0.05) is 29.8 Å². The topological polar surface area (TPSA) is 61.4 Å². The highest BCUT2D eigenvalue weighted by atomic mass is 16.2. The number of benzene rings is 2. The number of hydrogen-bond acceptors (Lipinski definition) is 3. The molecule has 2 amide bonds. The van der Waals surface area contributed by atoms with Crippen LogP contribution in [0.1, 0.15) is 66.5 Å². The molecule has 156 valence electrons. The molecular weight excluding hydrogens is 362 g/mol. The van der Waals surface area contributed by atoms with Crippen LogP contribution in [0.5, 0.6) is 0 Å². The zero-order valence-electron chi connectivity index (χ0n) is 18.2. The molecule has 0 heterocycles. The van der Waals surface area contributed by atoms with Crippen LogP contribution in [0.15, 0.2) is 48.5 Å². The second-order valence-corrected chi connectivity index (χ2v) is 8.25. The lowest BCUT2D eigenvalue weighted by molar-refractivity contribution is 0.0915. The molecule has 0 aliphatic carbocycles. The van der Waals surface area contributed by atoms with Crippen LogP contribution in [-0.4, -0.2) is 35.3 Å². The quantitative estimate of drug-likeness (QED) is 0.711. The van der Waals surface area contributed by atoms with Crippen molar-refractivity contribution >= 4 is 11.8 Å². The van der Waals surface area contributed by atoms with E-state index >= 15 is 0 Å². The van der Waals surface area contributed by atoms with Crippen LogP contribution in [0.3, 0.4) is 0 Å². The zero-order valence-corrected chi connectivity index (χ0v) is 18.2. The summed E-state index contributed by atoms with van der Waals surface area (Å²) in [5.74, 6) is -0.295. The third-order valence-electron chi connectivity index (χ3n) is 4.64. The van der Waals surface area contributed by atoms with Crippen molar-refractivity contribution in [1.29, 1.82) is 0 Å². The van der Waals surface area contributed by atoms with Crippen LogP contribution >= 0.6 is 0 Å². The molecule has 0 aromatic heterocycles. The Kier molecular flexibility index (Phi) is 7.97. The maximum Gasteiger partial charge on any atom is 0.251 e. The van der Waals surface area contributed by atoms with Crippen molar-refractivity contribution in [2.45, 2.75) is 53.2 Å². The minimum absolute atomic E-state index is 0.144. The summed E-state index contributed by atoms with van der Waals surface area (Å²) < 4.78 is 0. The first-order valence-electron chi connectivity index (χ1n) is 10.2. The fourth-order valence-electron chi connectivity index (χ4n) is 3.01. The minimum Gasteiger partial charge on any atom is -0.348 e. The number of hydrogen-bond donors (Lipinski definition) is 2. The third kappa shape index (κ3) is 7.35. The summed E-state index contributed by atoms with van der Waals surface area (Å²) in [7, 11) is 0. The normalized spacial score (nSPS) is 11.4. The highest BCUT2D eigenvalue weighted by molar-refractivity contribution is 5.98. The SMILES string of the molecule is CCN(CC)Cc1cccc(CNC(=O)c2ccc(C(=O)NC(C)(C)C)cc2)c1. The van der Waals surface area contributed by atoms with Gasteiger partial charge in [-0.25, -0.2) is 0 Å². The molecule has 2 N–H and O–H groups in total. The smallest absolute Gasteiger partial charge is 0.251 e. The lowest BCUT2D eigenvalue weighted by Crippen LogP contribution is -2.40. The fraction of sp³-hybridized carbons (Fsp3) is 0.417. The van der Waals surface area contributed by atoms with Gasteiger partial charge < -0.3 is 10.6 Å². The van der Waals surface area contributed by atoms with Crippen LogP contribution < -0.4 is 10.6 Å². The molecule has 0 bridgehead atoms. The maximum absolute atomic E-state index is 12.5. The molecule has 0 saturated heterocycles. The standard InChI is InChI=1S/C24H33N3O2/c1-6-27(7-2)17-19-10-8-9-18(15-19)16-25-22(28)20-11-13-21(14-12-20)23(29)26-24(3,4)5/h8-15H,6-7,16-17H2,1-5H3,(H,25,28)(H,26,29). The maximum atomic E-state index is 12.5. The first-order chi connectivity index (χ1) is 13.7. The molecule has 0 aliphatic heterocycles. The van der Waals surface area contributed by atoms with Gasteiger partial charge in [0.15, 0.2) is 0 Å². The number of nitrogens with zero attached hydrogens (tertiary/aromatic N) is 1. The first-order valence-corrected chi connectivity index (χ1v) is 10.2. The summed E-state index contributed by atoms with van der Waals surface area (Å²) >= 11 is 0. The van der Waals surface area contributed by atoms with Gasteiger partial charge >= 0.3 is 0 Å². The van der Waals surface area contributed by atoms with Crippen molar-refractivity contribution in [3.63, 3.8) is 0 Å². The van der Waals surface area contributed by atoms with Crippen molar-refractivity contribution in [2.75, 3.05) is 13.1 Å². The Morgan fingerprint density at radius 3 is 1.97 bits per heavy atom. The summed E-state index contributed by atoms with van der Waals surface area (Å²) in [6.45, 7) is 13.5. The van der Waals surface area contributed by atoms with E-state index in [1.165, 1.54) is 5.56 Å². The van der Waals surface area contributed by atoms with Gasteiger partial charge in [-0.2, -0.15) is 0 Å². The van der Waals surface area contributed by atoms with E-state index in [0.717, 1.165) is 25.2 Å². The molecule has 0 radical (unpaired) electrons. The Balaban J connectivity index is 1.95.